The molecule has 1 N–H and O–H groups in total. The molecular weight excluding hydrogens is 204 g/mol. The van der Waals surface area contributed by atoms with E-state index in [1.807, 2.05) is 24.3 Å². The van der Waals surface area contributed by atoms with Crippen LogP contribution in [0.2, 0.25) is 0 Å². The lowest BCUT2D eigenvalue weighted by Crippen LogP contribution is -2.02. The second kappa shape index (κ2) is 4.18. The average molecular weight is 216 g/mol. The number of carbonyl (C=O) groups excluding carboxylic acids is 1. The van der Waals surface area contributed by atoms with Gasteiger partial charge in [0.25, 0.3) is 0 Å². The molecule has 1 aromatic carbocycles. The Morgan fingerprint density at radius 1 is 1.50 bits per heavy atom. The maximum absolute atomic E-state index is 11.4. The van der Waals surface area contributed by atoms with Gasteiger partial charge in [-0.2, -0.15) is 0 Å². The Kier molecular flexibility index (Phi) is 2.72. The minimum atomic E-state index is -0.0246. The fraction of sp³-hybridized carbons (Fsp3) is 0.167. The van der Waals surface area contributed by atoms with Gasteiger partial charge in [-0.15, -0.1) is 5.16 Å². The molecule has 2 aromatic rings. The van der Waals surface area contributed by atoms with Crippen LogP contribution >= 0.6 is 0 Å². The van der Waals surface area contributed by atoms with Gasteiger partial charge in [0.05, 0.1) is 5.52 Å². The number of benzene rings is 1. The predicted octanol–water partition coefficient (Wildman–Crippen LogP) is 2.30. The number of aromatic nitrogens is 1. The second-order valence-electron chi connectivity index (χ2n) is 3.56. The third-order valence-electron chi connectivity index (χ3n) is 2.53. The van der Waals surface area contributed by atoms with Gasteiger partial charge in [0.2, 0.25) is 5.91 Å². The molecule has 1 aromatic heterocycles. The van der Waals surface area contributed by atoms with Crippen molar-refractivity contribution in [3.05, 3.63) is 36.0 Å². The van der Waals surface area contributed by atoms with Crippen molar-refractivity contribution in [2.24, 2.45) is 5.16 Å². The minimum absolute atomic E-state index is 0.0246. The molecule has 0 atom stereocenters. The molecule has 0 fully saturated rings. The molecule has 82 valence electrons. The summed E-state index contributed by atoms with van der Waals surface area (Å²) >= 11 is 0. The summed E-state index contributed by atoms with van der Waals surface area (Å²) in [6, 6.07) is 7.67. The second-order valence-corrected chi connectivity index (χ2v) is 3.56. The summed E-state index contributed by atoms with van der Waals surface area (Å²) in [5, 5.41) is 12.4. The van der Waals surface area contributed by atoms with Crippen molar-refractivity contribution in [2.75, 3.05) is 0 Å². The first kappa shape index (κ1) is 10.4. The van der Waals surface area contributed by atoms with Crippen LogP contribution in [-0.2, 0) is 6.42 Å². The van der Waals surface area contributed by atoms with Crippen molar-refractivity contribution in [3.8, 4) is 0 Å². The zero-order chi connectivity index (χ0) is 11.5. The van der Waals surface area contributed by atoms with Crippen molar-refractivity contribution in [1.82, 2.24) is 4.57 Å². The van der Waals surface area contributed by atoms with E-state index < -0.39 is 0 Å². The number of rotatable bonds is 2. The van der Waals surface area contributed by atoms with E-state index in [0.717, 1.165) is 16.5 Å². The first-order valence-electron chi connectivity index (χ1n) is 5.00. The lowest BCUT2D eigenvalue weighted by molar-refractivity contribution is 0.0941. The zero-order valence-electron chi connectivity index (χ0n) is 8.92. The molecule has 4 heteroatoms. The molecule has 4 nitrogen and oxygen atoms in total. The van der Waals surface area contributed by atoms with Crippen molar-refractivity contribution < 1.29 is 10.0 Å². The molecule has 16 heavy (non-hydrogen) atoms. The molecule has 0 saturated carbocycles. The minimum Gasteiger partial charge on any atom is -0.411 e. The van der Waals surface area contributed by atoms with Crippen LogP contribution < -0.4 is 0 Å². The summed E-state index contributed by atoms with van der Waals surface area (Å²) in [7, 11) is 0. The molecular formula is C12H12N2O2. The first-order chi connectivity index (χ1) is 7.74. The SMILES string of the molecule is CC(=O)n1cc(CC=NO)c2ccccc21. The number of para-hydroxylation sites is 1. The first-order valence-corrected chi connectivity index (χ1v) is 5.00. The van der Waals surface area contributed by atoms with Crippen LogP contribution in [0.25, 0.3) is 10.9 Å². The molecule has 0 aliphatic heterocycles. The summed E-state index contributed by atoms with van der Waals surface area (Å²) in [5.41, 5.74) is 1.86. The van der Waals surface area contributed by atoms with Gasteiger partial charge in [-0.05, 0) is 11.6 Å². The Morgan fingerprint density at radius 3 is 2.94 bits per heavy atom. The molecule has 0 unspecified atom stereocenters. The molecule has 0 amide bonds. The summed E-state index contributed by atoms with van der Waals surface area (Å²) in [4.78, 5) is 11.4. The van der Waals surface area contributed by atoms with Crippen molar-refractivity contribution in [3.63, 3.8) is 0 Å². The Balaban J connectivity index is 2.61. The molecule has 1 heterocycles. The van der Waals surface area contributed by atoms with E-state index in [1.165, 1.54) is 13.1 Å². The van der Waals surface area contributed by atoms with E-state index in [-0.39, 0.29) is 5.91 Å². The smallest absolute Gasteiger partial charge is 0.227 e. The van der Waals surface area contributed by atoms with Crippen LogP contribution in [0.4, 0.5) is 0 Å². The number of hydrogen-bond donors (Lipinski definition) is 1. The van der Waals surface area contributed by atoms with Gasteiger partial charge in [0, 0.05) is 31.1 Å². The van der Waals surface area contributed by atoms with E-state index in [0.29, 0.717) is 6.42 Å². The third kappa shape index (κ3) is 1.69. The maximum Gasteiger partial charge on any atom is 0.227 e. The van der Waals surface area contributed by atoms with Gasteiger partial charge in [-0.1, -0.05) is 18.2 Å². The van der Waals surface area contributed by atoms with Crippen LogP contribution in [0.3, 0.4) is 0 Å². The maximum atomic E-state index is 11.4. The number of nitrogens with zero attached hydrogens (tertiary/aromatic N) is 2. The number of oxime groups is 1. The highest BCUT2D eigenvalue weighted by Gasteiger charge is 2.09. The molecule has 0 spiro atoms. The van der Waals surface area contributed by atoms with Gasteiger partial charge >= 0.3 is 0 Å². The Morgan fingerprint density at radius 2 is 2.25 bits per heavy atom. The molecule has 0 radical (unpaired) electrons. The Bertz CT molecular complexity index is 555. The van der Waals surface area contributed by atoms with Crippen molar-refractivity contribution >= 4 is 23.0 Å². The largest absolute Gasteiger partial charge is 0.411 e. The average Bonchev–Trinajstić information content (AvgIpc) is 2.65. The van der Waals surface area contributed by atoms with E-state index in [2.05, 4.69) is 5.16 Å². The molecule has 0 saturated heterocycles. The molecule has 0 aliphatic rings. The highest BCUT2D eigenvalue weighted by atomic mass is 16.4. The predicted molar refractivity (Wildman–Crippen MR) is 62.2 cm³/mol. The topological polar surface area (TPSA) is 54.6 Å². The Hall–Kier alpha value is -2.10. The van der Waals surface area contributed by atoms with E-state index in [9.17, 15) is 4.79 Å². The van der Waals surface area contributed by atoms with Crippen molar-refractivity contribution in [1.29, 1.82) is 0 Å². The summed E-state index contributed by atoms with van der Waals surface area (Å²) in [6.45, 7) is 1.52. The fourth-order valence-electron chi connectivity index (χ4n) is 1.81. The summed E-state index contributed by atoms with van der Waals surface area (Å²) in [5.74, 6) is -0.0246. The molecule has 2 rings (SSSR count). The van der Waals surface area contributed by atoms with Crippen LogP contribution in [0.1, 0.15) is 17.3 Å². The van der Waals surface area contributed by atoms with Gasteiger partial charge in [-0.3, -0.25) is 9.36 Å². The van der Waals surface area contributed by atoms with Crippen LogP contribution in [0, 0.1) is 0 Å². The highest BCUT2D eigenvalue weighted by molar-refractivity contribution is 5.94. The Labute approximate surface area is 92.8 Å². The number of fused-ring (bicyclic) bond motifs is 1. The van der Waals surface area contributed by atoms with Crippen LogP contribution in [0.5, 0.6) is 0 Å². The van der Waals surface area contributed by atoms with Crippen LogP contribution in [0.15, 0.2) is 35.6 Å². The van der Waals surface area contributed by atoms with Crippen LogP contribution in [-0.4, -0.2) is 21.9 Å². The summed E-state index contributed by atoms with van der Waals surface area (Å²) < 4.78 is 1.61. The van der Waals surface area contributed by atoms with Gasteiger partial charge in [0.1, 0.15) is 0 Å². The monoisotopic (exact) mass is 216 g/mol. The fourth-order valence-corrected chi connectivity index (χ4v) is 1.81. The van der Waals surface area contributed by atoms with Crippen molar-refractivity contribution in [2.45, 2.75) is 13.3 Å². The lowest BCUT2D eigenvalue weighted by Gasteiger charge is -1.97. The zero-order valence-corrected chi connectivity index (χ0v) is 8.92. The normalized spacial score (nSPS) is 11.3. The molecule has 0 bridgehead atoms. The van der Waals surface area contributed by atoms with E-state index >= 15 is 0 Å². The quantitative estimate of drug-likeness (QED) is 0.475. The number of carbonyl (C=O) groups is 1. The standard InChI is InChI=1S/C12H12N2O2/c1-9(15)14-8-10(6-7-13-16)11-4-2-3-5-12(11)14/h2-5,7-8,16H,6H2,1H3. The lowest BCUT2D eigenvalue weighted by atomic mass is 10.1. The van der Waals surface area contributed by atoms with Gasteiger partial charge < -0.3 is 5.21 Å². The third-order valence-corrected chi connectivity index (χ3v) is 2.53. The van der Waals surface area contributed by atoms with Gasteiger partial charge in [0.15, 0.2) is 0 Å². The van der Waals surface area contributed by atoms with E-state index in [1.54, 1.807) is 10.8 Å². The summed E-state index contributed by atoms with van der Waals surface area (Å²) in [6.07, 6.45) is 3.71. The molecule has 0 aliphatic carbocycles. The van der Waals surface area contributed by atoms with E-state index in [4.69, 9.17) is 5.21 Å². The van der Waals surface area contributed by atoms with Gasteiger partial charge in [-0.25, -0.2) is 0 Å². The number of hydrogen-bond acceptors (Lipinski definition) is 3. The highest BCUT2D eigenvalue weighted by Crippen LogP contribution is 2.21.